The zero-order valence-corrected chi connectivity index (χ0v) is 24.2. The van der Waals surface area contributed by atoms with E-state index in [2.05, 4.69) is 39.5 Å². The molecular weight excluding hydrogens is 523 g/mol. The summed E-state index contributed by atoms with van der Waals surface area (Å²) in [6.45, 7) is 12.0. The fraction of sp³-hybridized carbons (Fsp3) is 0.387. The Morgan fingerprint density at radius 3 is 2.61 bits per heavy atom. The second-order valence-electron chi connectivity index (χ2n) is 11.7. The van der Waals surface area contributed by atoms with Crippen molar-refractivity contribution in [2.45, 2.75) is 66.0 Å². The molecule has 3 atom stereocenters. The van der Waals surface area contributed by atoms with E-state index in [-0.39, 0.29) is 34.9 Å². The highest BCUT2D eigenvalue weighted by atomic mass is 19.1. The van der Waals surface area contributed by atoms with Crippen molar-refractivity contribution in [3.8, 4) is 11.1 Å². The highest BCUT2D eigenvalue weighted by molar-refractivity contribution is 6.05. The third kappa shape index (κ3) is 5.91. The van der Waals surface area contributed by atoms with Gasteiger partial charge in [-0.1, -0.05) is 13.8 Å². The van der Waals surface area contributed by atoms with Crippen LogP contribution in [0.3, 0.4) is 0 Å². The first kappa shape index (κ1) is 28.2. The summed E-state index contributed by atoms with van der Waals surface area (Å²) in [6.07, 6.45) is 8.72. The topological polar surface area (TPSA) is 111 Å². The van der Waals surface area contributed by atoms with Crippen LogP contribution < -0.4 is 10.6 Å². The lowest BCUT2D eigenvalue weighted by Crippen LogP contribution is -2.27. The number of aromatic nitrogens is 4. The van der Waals surface area contributed by atoms with Gasteiger partial charge in [0.05, 0.1) is 11.9 Å². The zero-order valence-electron chi connectivity index (χ0n) is 24.2. The molecule has 0 bridgehead atoms. The van der Waals surface area contributed by atoms with E-state index < -0.39 is 17.5 Å². The third-order valence-corrected chi connectivity index (χ3v) is 7.34. The second kappa shape index (κ2) is 10.9. The molecule has 2 N–H and O–H groups in total. The molecule has 1 fully saturated rings. The van der Waals surface area contributed by atoms with Gasteiger partial charge in [-0.25, -0.2) is 14.2 Å². The normalized spacial score (nSPS) is 18.3. The van der Waals surface area contributed by atoms with Crippen molar-refractivity contribution in [1.82, 2.24) is 19.7 Å². The number of nitrogens with one attached hydrogen (secondary N) is 2. The molecule has 1 aliphatic carbocycles. The average Bonchev–Trinajstić information content (AvgIpc) is 3.35. The van der Waals surface area contributed by atoms with Crippen LogP contribution in [0.15, 0.2) is 49.2 Å². The van der Waals surface area contributed by atoms with Crippen molar-refractivity contribution in [3.05, 3.63) is 66.1 Å². The molecule has 1 aliphatic rings. The van der Waals surface area contributed by atoms with E-state index in [0.29, 0.717) is 22.2 Å². The van der Waals surface area contributed by atoms with Crippen molar-refractivity contribution in [2.24, 2.45) is 11.8 Å². The van der Waals surface area contributed by atoms with Gasteiger partial charge in [0.1, 0.15) is 11.4 Å². The van der Waals surface area contributed by atoms with Gasteiger partial charge in [-0.3, -0.25) is 19.8 Å². The van der Waals surface area contributed by atoms with Gasteiger partial charge in [0.15, 0.2) is 5.82 Å². The maximum Gasteiger partial charge on any atom is 0.412 e. The summed E-state index contributed by atoms with van der Waals surface area (Å²) in [7, 11) is 0. The Bertz CT molecular complexity index is 1630. The van der Waals surface area contributed by atoms with Gasteiger partial charge in [-0.15, -0.1) is 0 Å². The third-order valence-electron chi connectivity index (χ3n) is 7.34. The number of hydrogen-bond acceptors (Lipinski definition) is 6. The molecule has 3 aromatic heterocycles. The molecule has 1 aromatic carbocycles. The molecule has 0 unspecified atom stereocenters. The van der Waals surface area contributed by atoms with Crippen LogP contribution in [0, 0.1) is 24.6 Å². The summed E-state index contributed by atoms with van der Waals surface area (Å²) in [5.41, 5.74) is 1.90. The molecule has 0 spiro atoms. The summed E-state index contributed by atoms with van der Waals surface area (Å²) in [5, 5.41) is 10.9. The predicted molar refractivity (Wildman–Crippen MR) is 156 cm³/mol. The van der Waals surface area contributed by atoms with Crippen LogP contribution in [0.5, 0.6) is 0 Å². The lowest BCUT2D eigenvalue weighted by atomic mass is 9.98. The molecule has 0 aliphatic heterocycles. The first-order chi connectivity index (χ1) is 19.5. The Hall–Kier alpha value is -4.34. The summed E-state index contributed by atoms with van der Waals surface area (Å²) in [4.78, 5) is 34.5. The smallest absolute Gasteiger partial charge is 0.412 e. The van der Waals surface area contributed by atoms with E-state index in [4.69, 9.17) is 4.74 Å². The van der Waals surface area contributed by atoms with E-state index in [9.17, 15) is 9.59 Å². The largest absolute Gasteiger partial charge is 0.444 e. The number of rotatable bonds is 7. The van der Waals surface area contributed by atoms with Crippen molar-refractivity contribution in [1.29, 1.82) is 0 Å². The molecule has 41 heavy (non-hydrogen) atoms. The molecule has 2 amide bonds. The number of hydrogen-bond donors (Lipinski definition) is 2. The predicted octanol–water partition coefficient (Wildman–Crippen LogP) is 6.69. The van der Waals surface area contributed by atoms with Crippen LogP contribution in [-0.4, -0.2) is 37.3 Å². The number of carbonyl (C=O) groups excluding carboxylic acids is 2. The molecule has 3 heterocycles. The number of amides is 2. The number of nitrogens with zero attached hydrogens (tertiary/aromatic N) is 4. The van der Waals surface area contributed by atoms with E-state index in [1.165, 1.54) is 6.20 Å². The molecule has 4 aromatic rings. The van der Waals surface area contributed by atoms with Crippen molar-refractivity contribution in [2.75, 3.05) is 10.6 Å². The Morgan fingerprint density at radius 2 is 1.90 bits per heavy atom. The molecule has 9 nitrogen and oxygen atoms in total. The fourth-order valence-corrected chi connectivity index (χ4v) is 5.30. The standard InChI is InChI=1S/C31H35FN6O3/c1-7-10-38-16-20(13-35-38)25-18(3)26(25)29(39)36-24-12-19-11-21(22-14-33-9-8-17(22)2)27(32)28(23(19)15-34-24)37-30(40)41-31(4,5)6/h8-9,11-16,18,25-26H,7,10H2,1-6H3,(H,37,40)(H,34,36,39)/t18-,25+,26-/m0/s1. The lowest BCUT2D eigenvalue weighted by Gasteiger charge is -2.21. The van der Waals surface area contributed by atoms with E-state index in [1.807, 2.05) is 24.0 Å². The van der Waals surface area contributed by atoms with Crippen LogP contribution >= 0.6 is 0 Å². The van der Waals surface area contributed by atoms with Gasteiger partial charge < -0.3 is 10.1 Å². The fourth-order valence-electron chi connectivity index (χ4n) is 5.30. The van der Waals surface area contributed by atoms with Gasteiger partial charge in [0.2, 0.25) is 5.91 Å². The number of fused-ring (bicyclic) bond motifs is 1. The summed E-state index contributed by atoms with van der Waals surface area (Å²) < 4.78 is 23.3. The number of halogens is 1. The Kier molecular flexibility index (Phi) is 7.50. The van der Waals surface area contributed by atoms with Crippen molar-refractivity contribution < 1.29 is 18.7 Å². The van der Waals surface area contributed by atoms with Crippen LogP contribution in [0.25, 0.3) is 21.9 Å². The first-order valence-corrected chi connectivity index (χ1v) is 13.8. The first-order valence-electron chi connectivity index (χ1n) is 13.8. The monoisotopic (exact) mass is 558 g/mol. The van der Waals surface area contributed by atoms with Crippen molar-refractivity contribution >= 4 is 34.3 Å². The van der Waals surface area contributed by atoms with E-state index in [0.717, 1.165) is 24.1 Å². The van der Waals surface area contributed by atoms with E-state index >= 15 is 4.39 Å². The number of aryl methyl sites for hydroxylation is 2. The zero-order chi connectivity index (χ0) is 29.5. The van der Waals surface area contributed by atoms with Gasteiger partial charge in [0, 0.05) is 59.7 Å². The van der Waals surface area contributed by atoms with Gasteiger partial charge in [0.25, 0.3) is 0 Å². The Labute approximate surface area is 238 Å². The van der Waals surface area contributed by atoms with Crippen LogP contribution in [0.1, 0.15) is 58.1 Å². The highest BCUT2D eigenvalue weighted by Gasteiger charge is 2.53. The number of ether oxygens (including phenoxy) is 1. The molecular formula is C31H35FN6O3. The van der Waals surface area contributed by atoms with Gasteiger partial charge >= 0.3 is 6.09 Å². The van der Waals surface area contributed by atoms with Crippen LogP contribution in [0.4, 0.5) is 20.7 Å². The molecule has 5 rings (SSSR count). The summed E-state index contributed by atoms with van der Waals surface area (Å²) in [5.74, 6) is -0.344. The van der Waals surface area contributed by atoms with Crippen LogP contribution in [0.2, 0.25) is 0 Å². The Morgan fingerprint density at radius 1 is 1.12 bits per heavy atom. The highest BCUT2D eigenvalue weighted by Crippen LogP contribution is 2.54. The molecule has 10 heteroatoms. The maximum absolute atomic E-state index is 16.0. The lowest BCUT2D eigenvalue weighted by molar-refractivity contribution is -0.117. The summed E-state index contributed by atoms with van der Waals surface area (Å²) >= 11 is 0. The minimum atomic E-state index is -0.786. The number of anilines is 2. The SMILES string of the molecule is CCCn1cc([C@H]2[C@H](C)[C@@H]2C(=O)Nc2cc3cc(-c4cnccc4C)c(F)c(NC(=O)OC(C)(C)C)c3cn2)cn1. The molecule has 1 saturated carbocycles. The Balaban J connectivity index is 1.46. The summed E-state index contributed by atoms with van der Waals surface area (Å²) in [6, 6.07) is 5.15. The number of pyridine rings is 2. The number of carbonyl (C=O) groups is 2. The minimum absolute atomic E-state index is 0.0552. The minimum Gasteiger partial charge on any atom is -0.444 e. The quantitative estimate of drug-likeness (QED) is 0.262. The molecule has 214 valence electrons. The average molecular weight is 559 g/mol. The van der Waals surface area contributed by atoms with Gasteiger partial charge in [-0.2, -0.15) is 5.10 Å². The molecule has 0 saturated heterocycles. The van der Waals surface area contributed by atoms with Crippen LogP contribution in [-0.2, 0) is 16.1 Å². The van der Waals surface area contributed by atoms with Gasteiger partial charge in [-0.05, 0) is 74.7 Å². The number of benzene rings is 1. The van der Waals surface area contributed by atoms with E-state index in [1.54, 1.807) is 51.4 Å². The second-order valence-corrected chi connectivity index (χ2v) is 11.7. The maximum atomic E-state index is 16.0. The van der Waals surface area contributed by atoms with Crippen molar-refractivity contribution in [3.63, 3.8) is 0 Å². The molecule has 0 radical (unpaired) electrons.